The number of hydrogen-bond donors (Lipinski definition) is 2. The van der Waals surface area contributed by atoms with Gasteiger partial charge in [-0.2, -0.15) is 0 Å². The zero-order valence-corrected chi connectivity index (χ0v) is 15.5. The summed E-state index contributed by atoms with van der Waals surface area (Å²) >= 11 is 0. The zero-order valence-electron chi connectivity index (χ0n) is 15.5. The monoisotopic (exact) mass is 361 g/mol. The second kappa shape index (κ2) is 6.31. The van der Waals surface area contributed by atoms with E-state index in [1.165, 1.54) is 24.3 Å². The Hall–Kier alpha value is -1.46. The first-order valence-electron chi connectivity index (χ1n) is 9.68. The Morgan fingerprint density at radius 3 is 2.77 bits per heavy atom. The highest BCUT2D eigenvalue weighted by Gasteiger charge is 2.67. The summed E-state index contributed by atoms with van der Waals surface area (Å²) < 4.78 is 19.0. The van der Waals surface area contributed by atoms with Crippen LogP contribution >= 0.6 is 0 Å². The third-order valence-electron chi connectivity index (χ3n) is 7.37. The van der Waals surface area contributed by atoms with E-state index in [4.69, 9.17) is 4.74 Å². The maximum absolute atomic E-state index is 13.0. The summed E-state index contributed by atoms with van der Waals surface area (Å²) in [5.41, 5.74) is 0.456. The van der Waals surface area contributed by atoms with Crippen molar-refractivity contribution in [3.63, 3.8) is 0 Å². The molecule has 5 atom stereocenters. The average Bonchev–Trinajstić information content (AvgIpc) is 3.10. The van der Waals surface area contributed by atoms with E-state index < -0.39 is 0 Å². The Morgan fingerprint density at radius 2 is 2.08 bits per heavy atom. The third kappa shape index (κ3) is 2.67. The minimum atomic E-state index is -0.347. The summed E-state index contributed by atoms with van der Waals surface area (Å²) in [6.45, 7) is 5.60. The minimum Gasteiger partial charge on any atom is -0.392 e. The Morgan fingerprint density at radius 1 is 1.35 bits per heavy atom. The van der Waals surface area contributed by atoms with Gasteiger partial charge in [0.25, 0.3) is 5.91 Å². The van der Waals surface area contributed by atoms with E-state index in [0.29, 0.717) is 30.6 Å². The molecule has 5 heteroatoms. The SMILES string of the molecule is CC1(C)[C@@H]2C[C@@H]3[C@@H](CCNC(=O)c4ccc(F)cc4)OCC[C@@]3(C2)[C@@H]1O. The molecule has 0 aromatic heterocycles. The van der Waals surface area contributed by atoms with Gasteiger partial charge in [-0.1, -0.05) is 13.8 Å². The van der Waals surface area contributed by atoms with Crippen molar-refractivity contribution in [2.45, 2.75) is 51.7 Å². The van der Waals surface area contributed by atoms with Crippen LogP contribution < -0.4 is 5.32 Å². The van der Waals surface area contributed by atoms with E-state index in [1.807, 2.05) is 0 Å². The van der Waals surface area contributed by atoms with E-state index in [2.05, 4.69) is 19.2 Å². The van der Waals surface area contributed by atoms with Crippen molar-refractivity contribution in [3.8, 4) is 0 Å². The number of nitrogens with one attached hydrogen (secondary N) is 1. The molecule has 2 N–H and O–H groups in total. The van der Waals surface area contributed by atoms with Crippen LogP contribution in [0.15, 0.2) is 24.3 Å². The van der Waals surface area contributed by atoms with Gasteiger partial charge in [0, 0.05) is 24.1 Å². The van der Waals surface area contributed by atoms with Crippen LogP contribution in [0.3, 0.4) is 0 Å². The molecule has 2 saturated carbocycles. The second-order valence-electron chi connectivity index (χ2n) is 8.91. The second-order valence-corrected chi connectivity index (χ2v) is 8.91. The summed E-state index contributed by atoms with van der Waals surface area (Å²) in [5.74, 6) is 0.400. The van der Waals surface area contributed by atoms with Gasteiger partial charge in [-0.3, -0.25) is 4.79 Å². The van der Waals surface area contributed by atoms with Crippen LogP contribution in [0, 0.1) is 28.5 Å². The van der Waals surface area contributed by atoms with Crippen LogP contribution in [-0.2, 0) is 4.74 Å². The molecule has 1 spiro atoms. The molecule has 0 unspecified atom stereocenters. The van der Waals surface area contributed by atoms with Crippen molar-refractivity contribution in [2.24, 2.45) is 22.7 Å². The van der Waals surface area contributed by atoms with Crippen LogP contribution in [0.5, 0.6) is 0 Å². The van der Waals surface area contributed by atoms with Crippen molar-refractivity contribution in [3.05, 3.63) is 35.6 Å². The van der Waals surface area contributed by atoms with Crippen molar-refractivity contribution < 1.29 is 19.0 Å². The third-order valence-corrected chi connectivity index (χ3v) is 7.37. The number of carbonyl (C=O) groups excluding carboxylic acids is 1. The van der Waals surface area contributed by atoms with Gasteiger partial charge < -0.3 is 15.2 Å². The molecule has 3 aliphatic rings. The number of halogens is 1. The Bertz CT molecular complexity index is 689. The molecular weight excluding hydrogens is 333 g/mol. The van der Waals surface area contributed by atoms with Gasteiger partial charge in [-0.05, 0) is 67.2 Å². The minimum absolute atomic E-state index is 0.00194. The Balaban J connectivity index is 1.36. The van der Waals surface area contributed by atoms with Gasteiger partial charge in [0.05, 0.1) is 12.2 Å². The first kappa shape index (κ1) is 17.9. The molecule has 1 aromatic rings. The molecule has 1 aromatic carbocycles. The molecule has 1 amide bonds. The fourth-order valence-electron chi connectivity index (χ4n) is 5.86. The molecule has 0 radical (unpaired) electrons. The molecular formula is C21H28FNO3. The maximum Gasteiger partial charge on any atom is 0.251 e. The quantitative estimate of drug-likeness (QED) is 0.866. The zero-order chi connectivity index (χ0) is 18.5. The molecule has 4 nitrogen and oxygen atoms in total. The predicted molar refractivity (Wildman–Crippen MR) is 96.1 cm³/mol. The standard InChI is InChI=1S/C21H28FNO3/c1-20(2)14-11-16-17(26-10-8-21(16,12-14)19(20)25)7-9-23-18(24)13-3-5-15(22)6-4-13/h3-6,14,16-17,19,25H,7-12H2,1-2H3,(H,23,24)/t14-,16-,17-,19-,21+/m1/s1. The molecule has 142 valence electrons. The molecule has 1 aliphatic heterocycles. The molecule has 1 saturated heterocycles. The summed E-state index contributed by atoms with van der Waals surface area (Å²) in [4.78, 5) is 12.2. The number of rotatable bonds is 4. The predicted octanol–water partition coefficient (Wildman–Crippen LogP) is 3.15. The van der Waals surface area contributed by atoms with Crippen LogP contribution in [0.25, 0.3) is 0 Å². The van der Waals surface area contributed by atoms with E-state index in [0.717, 1.165) is 25.7 Å². The van der Waals surface area contributed by atoms with Gasteiger partial charge in [0.1, 0.15) is 5.82 Å². The van der Waals surface area contributed by atoms with Gasteiger partial charge in [-0.15, -0.1) is 0 Å². The number of fused-ring (bicyclic) bond motifs is 1. The van der Waals surface area contributed by atoms with Crippen LogP contribution in [-0.4, -0.2) is 36.4 Å². The molecule has 2 aliphatic carbocycles. The van der Waals surface area contributed by atoms with Crippen molar-refractivity contribution >= 4 is 5.91 Å². The van der Waals surface area contributed by atoms with E-state index in [9.17, 15) is 14.3 Å². The van der Waals surface area contributed by atoms with Crippen LogP contribution in [0.1, 0.15) is 49.9 Å². The van der Waals surface area contributed by atoms with E-state index >= 15 is 0 Å². The number of aliphatic hydroxyl groups is 1. The van der Waals surface area contributed by atoms with Crippen molar-refractivity contribution in [1.29, 1.82) is 0 Å². The summed E-state index contributed by atoms with van der Waals surface area (Å²) in [7, 11) is 0. The highest BCUT2D eigenvalue weighted by Crippen LogP contribution is 2.68. The van der Waals surface area contributed by atoms with E-state index in [1.54, 1.807) is 0 Å². The number of amides is 1. The largest absolute Gasteiger partial charge is 0.392 e. The number of aliphatic hydroxyl groups excluding tert-OH is 1. The lowest BCUT2D eigenvalue weighted by Gasteiger charge is -2.51. The highest BCUT2D eigenvalue weighted by molar-refractivity contribution is 5.94. The van der Waals surface area contributed by atoms with Crippen molar-refractivity contribution in [1.82, 2.24) is 5.32 Å². The Kier molecular flexibility index (Phi) is 4.35. The summed E-state index contributed by atoms with van der Waals surface area (Å²) in [5, 5.41) is 13.9. The number of ether oxygens (including phenoxy) is 1. The lowest BCUT2D eigenvalue weighted by Crippen LogP contribution is -2.54. The fourth-order valence-corrected chi connectivity index (χ4v) is 5.86. The lowest BCUT2D eigenvalue weighted by molar-refractivity contribution is -0.163. The Labute approximate surface area is 154 Å². The molecule has 3 fully saturated rings. The van der Waals surface area contributed by atoms with Gasteiger partial charge in [-0.25, -0.2) is 4.39 Å². The van der Waals surface area contributed by atoms with Crippen molar-refractivity contribution in [2.75, 3.05) is 13.2 Å². The van der Waals surface area contributed by atoms with Gasteiger partial charge in [0.15, 0.2) is 0 Å². The maximum atomic E-state index is 13.0. The number of benzene rings is 1. The molecule has 1 heterocycles. The molecule has 4 rings (SSSR count). The van der Waals surface area contributed by atoms with Crippen LogP contribution in [0.4, 0.5) is 4.39 Å². The van der Waals surface area contributed by atoms with Gasteiger partial charge in [0.2, 0.25) is 0 Å². The smallest absolute Gasteiger partial charge is 0.251 e. The van der Waals surface area contributed by atoms with E-state index in [-0.39, 0.29) is 34.8 Å². The first-order valence-corrected chi connectivity index (χ1v) is 9.68. The van der Waals surface area contributed by atoms with Crippen LogP contribution in [0.2, 0.25) is 0 Å². The normalized spacial score (nSPS) is 37.4. The lowest BCUT2D eigenvalue weighted by atomic mass is 9.60. The average molecular weight is 361 g/mol. The summed E-state index contributed by atoms with van der Waals surface area (Å²) in [6, 6.07) is 5.57. The van der Waals surface area contributed by atoms with Gasteiger partial charge >= 0.3 is 0 Å². The first-order chi connectivity index (χ1) is 12.3. The molecule has 2 bridgehead atoms. The fraction of sp³-hybridized carbons (Fsp3) is 0.667. The topological polar surface area (TPSA) is 58.6 Å². The number of hydrogen-bond acceptors (Lipinski definition) is 3. The number of carbonyl (C=O) groups is 1. The summed E-state index contributed by atoms with van der Waals surface area (Å²) in [6.07, 6.45) is 3.73. The highest BCUT2D eigenvalue weighted by atomic mass is 19.1. The molecule has 26 heavy (non-hydrogen) atoms.